The smallest absolute Gasteiger partial charge is 0.248 e. The Hall–Kier alpha value is -2.90. The monoisotopic (exact) mass is 304 g/mol. The van der Waals surface area contributed by atoms with Crippen molar-refractivity contribution >= 4 is 23.7 Å². The van der Waals surface area contributed by atoms with E-state index in [0.717, 1.165) is 0 Å². The van der Waals surface area contributed by atoms with E-state index in [-0.39, 0.29) is 35.7 Å². The summed E-state index contributed by atoms with van der Waals surface area (Å²) >= 11 is 0. The maximum atomic E-state index is 11.6. The molecule has 1 aliphatic rings. The summed E-state index contributed by atoms with van der Waals surface area (Å²) in [6.45, 7) is 1.73. The van der Waals surface area contributed by atoms with Crippen molar-refractivity contribution in [3.63, 3.8) is 0 Å². The van der Waals surface area contributed by atoms with Gasteiger partial charge in [-0.2, -0.15) is 10.2 Å². The van der Waals surface area contributed by atoms with E-state index in [1.54, 1.807) is 6.92 Å². The summed E-state index contributed by atoms with van der Waals surface area (Å²) in [6, 6.07) is 4.02. The largest absolute Gasteiger partial charge is 0.508 e. The number of rotatable bonds is 5. The Kier molecular flexibility index (Phi) is 4.72. The van der Waals surface area contributed by atoms with Crippen molar-refractivity contribution in [1.29, 1.82) is 0 Å². The van der Waals surface area contributed by atoms with Gasteiger partial charge in [0.15, 0.2) is 0 Å². The number of nitrogens with zero attached hydrogens (tertiary/aromatic N) is 2. The Balaban J connectivity index is 1.81. The minimum absolute atomic E-state index is 0.0643. The maximum Gasteiger partial charge on any atom is 0.248 e. The van der Waals surface area contributed by atoms with Crippen LogP contribution in [0.2, 0.25) is 0 Å². The molecule has 22 heavy (non-hydrogen) atoms. The lowest BCUT2D eigenvalue weighted by atomic mass is 9.99. The van der Waals surface area contributed by atoms with Crippen LogP contribution in [0.15, 0.2) is 28.4 Å². The van der Waals surface area contributed by atoms with Crippen molar-refractivity contribution < 1.29 is 19.8 Å². The highest BCUT2D eigenvalue weighted by atomic mass is 16.3. The van der Waals surface area contributed by atoms with Gasteiger partial charge in [0.1, 0.15) is 11.5 Å². The molecular formula is C14H16N4O4. The molecule has 8 heteroatoms. The van der Waals surface area contributed by atoms with Gasteiger partial charge in [-0.25, -0.2) is 10.9 Å². The first-order valence-electron chi connectivity index (χ1n) is 6.65. The fourth-order valence-electron chi connectivity index (χ4n) is 1.98. The second kappa shape index (κ2) is 6.70. The van der Waals surface area contributed by atoms with Crippen LogP contribution in [0.25, 0.3) is 0 Å². The topological polar surface area (TPSA) is 123 Å². The number of phenolic OH excluding ortho intramolecular Hbond substituents is 2. The number of aromatic hydroxyl groups is 2. The number of amides is 2. The SMILES string of the molecule is CC1=NNC(=O)C1CCC(=O)NN=Cc1ccc(O)cc1O. The molecule has 0 spiro atoms. The van der Waals surface area contributed by atoms with Crippen molar-refractivity contribution in [1.82, 2.24) is 10.9 Å². The molecule has 116 valence electrons. The summed E-state index contributed by atoms with van der Waals surface area (Å²) < 4.78 is 0. The van der Waals surface area contributed by atoms with E-state index < -0.39 is 0 Å². The van der Waals surface area contributed by atoms with Crippen LogP contribution in [-0.2, 0) is 9.59 Å². The molecule has 1 atom stereocenters. The summed E-state index contributed by atoms with van der Waals surface area (Å²) in [4.78, 5) is 23.1. The lowest BCUT2D eigenvalue weighted by molar-refractivity contribution is -0.123. The molecule has 0 bridgehead atoms. The third-order valence-electron chi connectivity index (χ3n) is 3.23. The van der Waals surface area contributed by atoms with Crippen LogP contribution in [0, 0.1) is 5.92 Å². The molecule has 1 aliphatic heterocycles. The van der Waals surface area contributed by atoms with Gasteiger partial charge in [-0.1, -0.05) is 0 Å². The Bertz CT molecular complexity index is 654. The molecule has 0 aliphatic carbocycles. The second-order valence-electron chi connectivity index (χ2n) is 4.86. The molecule has 4 N–H and O–H groups in total. The normalized spacial score (nSPS) is 17.4. The van der Waals surface area contributed by atoms with Crippen LogP contribution >= 0.6 is 0 Å². The number of carbonyl (C=O) groups excluding carboxylic acids is 2. The number of nitrogens with one attached hydrogen (secondary N) is 2. The first-order valence-corrected chi connectivity index (χ1v) is 6.65. The predicted octanol–water partition coefficient (Wildman–Crippen LogP) is 0.450. The quantitative estimate of drug-likeness (QED) is 0.466. The van der Waals surface area contributed by atoms with Crippen LogP contribution in [0.5, 0.6) is 11.5 Å². The first-order chi connectivity index (χ1) is 10.5. The number of benzene rings is 1. The third-order valence-corrected chi connectivity index (χ3v) is 3.23. The van der Waals surface area contributed by atoms with Gasteiger partial charge in [-0.3, -0.25) is 9.59 Å². The molecule has 8 nitrogen and oxygen atoms in total. The van der Waals surface area contributed by atoms with Crippen molar-refractivity contribution in [2.24, 2.45) is 16.1 Å². The van der Waals surface area contributed by atoms with Crippen molar-refractivity contribution in [2.45, 2.75) is 19.8 Å². The lowest BCUT2D eigenvalue weighted by Crippen LogP contribution is -2.25. The van der Waals surface area contributed by atoms with Crippen molar-refractivity contribution in [3.8, 4) is 11.5 Å². The Morgan fingerprint density at radius 1 is 1.50 bits per heavy atom. The highest BCUT2D eigenvalue weighted by molar-refractivity contribution is 6.07. The maximum absolute atomic E-state index is 11.6. The van der Waals surface area contributed by atoms with E-state index in [1.165, 1.54) is 24.4 Å². The van der Waals surface area contributed by atoms with E-state index in [2.05, 4.69) is 21.1 Å². The van der Waals surface area contributed by atoms with E-state index in [9.17, 15) is 14.7 Å². The molecule has 0 saturated carbocycles. The molecule has 1 heterocycles. The van der Waals surface area contributed by atoms with Crippen LogP contribution in [0.4, 0.5) is 0 Å². The van der Waals surface area contributed by atoms with Crippen LogP contribution in [0.1, 0.15) is 25.3 Å². The minimum Gasteiger partial charge on any atom is -0.508 e. The highest BCUT2D eigenvalue weighted by Crippen LogP contribution is 2.20. The molecule has 0 saturated heterocycles. The molecule has 1 aromatic rings. The summed E-state index contributed by atoms with van der Waals surface area (Å²) in [6.07, 6.45) is 1.75. The van der Waals surface area contributed by atoms with E-state index >= 15 is 0 Å². The number of hydrogen-bond acceptors (Lipinski definition) is 6. The molecule has 0 fully saturated rings. The van der Waals surface area contributed by atoms with Gasteiger partial charge in [0.05, 0.1) is 12.1 Å². The molecule has 2 amide bonds. The highest BCUT2D eigenvalue weighted by Gasteiger charge is 2.26. The molecule has 0 radical (unpaired) electrons. The van der Waals surface area contributed by atoms with Gasteiger partial charge in [0.25, 0.3) is 0 Å². The van der Waals surface area contributed by atoms with Gasteiger partial charge in [-0.05, 0) is 25.5 Å². The summed E-state index contributed by atoms with van der Waals surface area (Å²) in [5.41, 5.74) is 5.69. The Morgan fingerprint density at radius 3 is 2.91 bits per heavy atom. The zero-order valence-electron chi connectivity index (χ0n) is 11.9. The predicted molar refractivity (Wildman–Crippen MR) is 79.5 cm³/mol. The zero-order chi connectivity index (χ0) is 16.1. The minimum atomic E-state index is -0.379. The molecule has 1 aromatic carbocycles. The molecule has 0 aromatic heterocycles. The van der Waals surface area contributed by atoms with Gasteiger partial charge in [-0.15, -0.1) is 0 Å². The van der Waals surface area contributed by atoms with Crippen LogP contribution in [0.3, 0.4) is 0 Å². The Morgan fingerprint density at radius 2 is 2.27 bits per heavy atom. The number of phenols is 2. The summed E-state index contributed by atoms with van der Waals surface area (Å²) in [7, 11) is 0. The van der Waals surface area contributed by atoms with Gasteiger partial charge in [0, 0.05) is 23.8 Å². The Labute approximate surface area is 126 Å². The van der Waals surface area contributed by atoms with E-state index in [0.29, 0.717) is 17.7 Å². The average Bonchev–Trinajstić information content (AvgIpc) is 2.78. The lowest BCUT2D eigenvalue weighted by Gasteiger charge is -2.06. The average molecular weight is 304 g/mol. The zero-order valence-corrected chi connectivity index (χ0v) is 11.9. The van der Waals surface area contributed by atoms with E-state index in [4.69, 9.17) is 5.11 Å². The summed E-state index contributed by atoms with van der Waals surface area (Å²) in [5, 5.41) is 26.2. The molecule has 1 unspecified atom stereocenters. The third kappa shape index (κ3) is 3.81. The standard InChI is InChI=1S/C14H16N4O4/c1-8-11(14(22)18-16-8)4-5-13(21)17-15-7-9-2-3-10(19)6-12(9)20/h2-3,6-7,11,19-20H,4-5H2,1H3,(H,17,21)(H,18,22). The fourth-order valence-corrected chi connectivity index (χ4v) is 1.98. The number of hydrazone groups is 2. The van der Waals surface area contributed by atoms with Crippen molar-refractivity contribution in [3.05, 3.63) is 23.8 Å². The van der Waals surface area contributed by atoms with E-state index in [1.807, 2.05) is 0 Å². The molecule has 2 rings (SSSR count). The van der Waals surface area contributed by atoms with Gasteiger partial charge >= 0.3 is 0 Å². The van der Waals surface area contributed by atoms with Gasteiger partial charge < -0.3 is 10.2 Å². The second-order valence-corrected chi connectivity index (χ2v) is 4.86. The first kappa shape index (κ1) is 15.5. The fraction of sp³-hybridized carbons (Fsp3) is 0.286. The van der Waals surface area contributed by atoms with Crippen LogP contribution < -0.4 is 10.9 Å². The van der Waals surface area contributed by atoms with Gasteiger partial charge in [0.2, 0.25) is 11.8 Å². The number of hydrogen-bond donors (Lipinski definition) is 4. The number of carbonyl (C=O) groups is 2. The molecular weight excluding hydrogens is 288 g/mol. The van der Waals surface area contributed by atoms with Crippen molar-refractivity contribution in [2.75, 3.05) is 0 Å². The summed E-state index contributed by atoms with van der Waals surface area (Å²) in [5.74, 6) is -1.14. The van der Waals surface area contributed by atoms with Crippen LogP contribution in [-0.4, -0.2) is 34.0 Å².